The molecule has 2 aromatic rings. The molecule has 5 rings (SSSR count). The van der Waals surface area contributed by atoms with Gasteiger partial charge in [-0.1, -0.05) is 19.1 Å². The number of fused-ring (bicyclic) bond motifs is 3. The van der Waals surface area contributed by atoms with Crippen LogP contribution in [0.5, 0.6) is 17.2 Å². The van der Waals surface area contributed by atoms with Gasteiger partial charge in [0.25, 0.3) is 0 Å². The largest absolute Gasteiger partial charge is 0.507 e. The number of aliphatic hydroxyl groups excluding tert-OH is 1. The first-order chi connectivity index (χ1) is 19.0. The van der Waals surface area contributed by atoms with Gasteiger partial charge in [-0.3, -0.25) is 14.4 Å². The van der Waals surface area contributed by atoms with Crippen LogP contribution in [0.2, 0.25) is 0 Å². The van der Waals surface area contributed by atoms with Gasteiger partial charge in [0.05, 0.1) is 48.2 Å². The fourth-order valence-electron chi connectivity index (χ4n) is 6.01. The Kier molecular flexibility index (Phi) is 7.40. The van der Waals surface area contributed by atoms with E-state index in [1.165, 1.54) is 25.3 Å². The number of nitrogens with one attached hydrogen (secondary N) is 1. The Hall–Kier alpha value is -3.06. The maximum Gasteiger partial charge on any atom is 0.202 e. The standard InChI is InChI=1S/C28H30ClNO10/c1-4-17(31)28(37)9-13-20(16(10-28)40-18-8-14(30-29)23(32)11(2)39-18)27(36)22-21(25(13)34)24(33)12-6-5-7-15(38-3)19(12)26(22)35/h5-7,11,14,16,18,23,30,32,34,36-37H,4,8-10H2,1-3H3/t11?,14?,16-,18?,23?,28-/m0/s1. The van der Waals surface area contributed by atoms with Crippen LogP contribution in [0.15, 0.2) is 18.2 Å². The smallest absolute Gasteiger partial charge is 0.202 e. The summed E-state index contributed by atoms with van der Waals surface area (Å²) in [6.07, 6.45) is -4.60. The van der Waals surface area contributed by atoms with Gasteiger partial charge >= 0.3 is 0 Å². The monoisotopic (exact) mass is 575 g/mol. The third-order valence-electron chi connectivity index (χ3n) is 8.08. The minimum Gasteiger partial charge on any atom is -0.507 e. The molecule has 2 aliphatic carbocycles. The molecule has 0 amide bonds. The number of methoxy groups -OCH3 is 1. The van der Waals surface area contributed by atoms with Gasteiger partial charge in [0, 0.05) is 42.4 Å². The molecule has 3 aliphatic rings. The average Bonchev–Trinajstić information content (AvgIpc) is 2.94. The lowest BCUT2D eigenvalue weighted by Gasteiger charge is -2.42. The molecular formula is C28H30ClNO10. The zero-order valence-electron chi connectivity index (χ0n) is 22.1. The van der Waals surface area contributed by atoms with Gasteiger partial charge in [0.15, 0.2) is 17.9 Å². The molecule has 0 saturated carbocycles. The number of hydrogen-bond donors (Lipinski definition) is 5. The van der Waals surface area contributed by atoms with Crippen molar-refractivity contribution in [1.82, 2.24) is 4.84 Å². The lowest BCUT2D eigenvalue weighted by Crippen LogP contribution is -2.52. The van der Waals surface area contributed by atoms with E-state index in [9.17, 15) is 34.8 Å². The quantitative estimate of drug-likeness (QED) is 0.215. The fourth-order valence-corrected chi connectivity index (χ4v) is 6.22. The highest BCUT2D eigenvalue weighted by atomic mass is 35.5. The van der Waals surface area contributed by atoms with E-state index in [2.05, 4.69) is 4.84 Å². The number of aliphatic hydroxyl groups is 2. The normalized spacial score (nSPS) is 29.4. The van der Waals surface area contributed by atoms with Crippen LogP contribution in [0.1, 0.15) is 82.2 Å². The third-order valence-corrected chi connectivity index (χ3v) is 8.36. The van der Waals surface area contributed by atoms with Gasteiger partial charge < -0.3 is 34.6 Å². The van der Waals surface area contributed by atoms with Crippen LogP contribution >= 0.6 is 11.8 Å². The second-order valence-electron chi connectivity index (χ2n) is 10.4. The van der Waals surface area contributed by atoms with Crippen LogP contribution in [0.3, 0.4) is 0 Å². The minimum atomic E-state index is -2.00. The minimum absolute atomic E-state index is 0.0160. The summed E-state index contributed by atoms with van der Waals surface area (Å²) in [7, 11) is 1.34. The van der Waals surface area contributed by atoms with Crippen molar-refractivity contribution >= 4 is 29.1 Å². The maximum atomic E-state index is 13.7. The predicted molar refractivity (Wildman–Crippen MR) is 140 cm³/mol. The van der Waals surface area contributed by atoms with E-state index in [1.807, 2.05) is 0 Å². The summed E-state index contributed by atoms with van der Waals surface area (Å²) in [5.74, 6) is -3.10. The number of aromatic hydroxyl groups is 2. The number of carbonyl (C=O) groups is 3. The average molecular weight is 576 g/mol. The summed E-state index contributed by atoms with van der Waals surface area (Å²) in [6, 6.07) is 3.82. The van der Waals surface area contributed by atoms with Crippen LogP contribution in [0, 0.1) is 0 Å². The van der Waals surface area contributed by atoms with Crippen molar-refractivity contribution in [2.24, 2.45) is 0 Å². The lowest BCUT2D eigenvalue weighted by molar-refractivity contribution is -0.248. The number of halogens is 1. The molecule has 0 radical (unpaired) electrons. The highest BCUT2D eigenvalue weighted by Crippen LogP contribution is 2.52. The molecule has 11 nitrogen and oxygen atoms in total. The first-order valence-electron chi connectivity index (χ1n) is 12.9. The van der Waals surface area contributed by atoms with Crippen molar-refractivity contribution in [1.29, 1.82) is 0 Å². The molecule has 0 bridgehead atoms. The summed E-state index contributed by atoms with van der Waals surface area (Å²) in [6.45, 7) is 3.19. The predicted octanol–water partition coefficient (Wildman–Crippen LogP) is 2.20. The van der Waals surface area contributed by atoms with Gasteiger partial charge in [-0.05, 0) is 24.8 Å². The second-order valence-corrected chi connectivity index (χ2v) is 10.6. The molecule has 214 valence electrons. The molecular weight excluding hydrogens is 546 g/mol. The van der Waals surface area contributed by atoms with Gasteiger partial charge in [-0.15, -0.1) is 0 Å². The molecule has 0 aromatic heterocycles. The first-order valence-corrected chi connectivity index (χ1v) is 13.3. The van der Waals surface area contributed by atoms with Gasteiger partial charge in [0.2, 0.25) is 5.78 Å². The van der Waals surface area contributed by atoms with Gasteiger partial charge in [-0.25, -0.2) is 4.84 Å². The number of phenolic OH excluding ortho intramolecular Hbond substituents is 2. The fraction of sp³-hybridized carbons (Fsp3) is 0.464. The van der Waals surface area contributed by atoms with E-state index in [4.69, 9.17) is 26.0 Å². The lowest BCUT2D eigenvalue weighted by atomic mass is 9.71. The Balaban J connectivity index is 1.68. The summed E-state index contributed by atoms with van der Waals surface area (Å²) in [4.78, 5) is 42.6. The van der Waals surface area contributed by atoms with Gasteiger partial charge in [-0.2, -0.15) is 0 Å². The number of benzene rings is 2. The number of carbonyl (C=O) groups excluding carboxylic acids is 3. The molecule has 1 heterocycles. The number of phenols is 2. The molecule has 4 unspecified atom stereocenters. The first kappa shape index (κ1) is 28.5. The summed E-state index contributed by atoms with van der Waals surface area (Å²) in [5, 5.41) is 44.8. The second kappa shape index (κ2) is 10.4. The SMILES string of the molecule is CCC(=O)[C@]1(O)Cc2c(O)c3c(c(O)c2[C@@H](OC2CC(NCl)C(O)C(C)O2)C1)C(=O)c1c(OC)cccc1C3=O. The molecule has 1 saturated heterocycles. The van der Waals surface area contributed by atoms with Crippen LogP contribution < -0.4 is 9.57 Å². The van der Waals surface area contributed by atoms with E-state index in [0.29, 0.717) is 0 Å². The number of ketones is 3. The molecule has 6 atom stereocenters. The zero-order valence-corrected chi connectivity index (χ0v) is 22.8. The van der Waals surface area contributed by atoms with Crippen molar-refractivity contribution in [2.75, 3.05) is 7.11 Å². The van der Waals surface area contributed by atoms with E-state index in [1.54, 1.807) is 13.8 Å². The maximum absolute atomic E-state index is 13.7. The summed E-state index contributed by atoms with van der Waals surface area (Å²) >= 11 is 5.80. The van der Waals surface area contributed by atoms with Crippen molar-refractivity contribution in [3.8, 4) is 17.2 Å². The Morgan fingerprint density at radius 2 is 1.88 bits per heavy atom. The van der Waals surface area contributed by atoms with Crippen molar-refractivity contribution in [3.63, 3.8) is 0 Å². The topological polar surface area (TPSA) is 172 Å². The Bertz CT molecular complexity index is 1410. The molecule has 1 fully saturated rings. The van der Waals surface area contributed by atoms with E-state index < -0.39 is 82.6 Å². The van der Waals surface area contributed by atoms with Crippen LogP contribution in [-0.4, -0.2) is 75.0 Å². The van der Waals surface area contributed by atoms with E-state index >= 15 is 0 Å². The van der Waals surface area contributed by atoms with Crippen molar-refractivity contribution < 1.29 is 49.0 Å². The molecule has 5 N–H and O–H groups in total. The van der Waals surface area contributed by atoms with E-state index in [-0.39, 0.29) is 47.3 Å². The van der Waals surface area contributed by atoms with Crippen molar-refractivity contribution in [3.05, 3.63) is 51.6 Å². The molecule has 1 aliphatic heterocycles. The summed E-state index contributed by atoms with van der Waals surface area (Å²) < 4.78 is 17.2. The molecule has 2 aromatic carbocycles. The van der Waals surface area contributed by atoms with Crippen LogP contribution in [0.4, 0.5) is 0 Å². The highest BCUT2D eigenvalue weighted by Gasteiger charge is 2.50. The van der Waals surface area contributed by atoms with E-state index in [0.717, 1.165) is 0 Å². The van der Waals surface area contributed by atoms with Crippen LogP contribution in [-0.2, 0) is 20.7 Å². The number of Topliss-reactive ketones (excluding diaryl/α,β-unsaturated/α-hetero) is 1. The van der Waals surface area contributed by atoms with Gasteiger partial charge in [0.1, 0.15) is 22.8 Å². The van der Waals surface area contributed by atoms with Crippen molar-refractivity contribution in [2.45, 2.75) is 75.8 Å². The Labute approximate surface area is 234 Å². The van der Waals surface area contributed by atoms with Crippen LogP contribution in [0.25, 0.3) is 0 Å². The Morgan fingerprint density at radius 3 is 2.52 bits per heavy atom. The third kappa shape index (κ3) is 4.28. The number of hydrogen-bond acceptors (Lipinski definition) is 11. The number of ether oxygens (including phenoxy) is 3. The molecule has 0 spiro atoms. The Morgan fingerprint density at radius 1 is 1.18 bits per heavy atom. The molecule has 12 heteroatoms. The summed E-state index contributed by atoms with van der Waals surface area (Å²) in [5.41, 5.74) is -3.05. The number of rotatable bonds is 6. The molecule has 40 heavy (non-hydrogen) atoms. The highest BCUT2D eigenvalue weighted by molar-refractivity contribution is 6.31. The zero-order chi connectivity index (χ0) is 29.1.